The summed E-state index contributed by atoms with van der Waals surface area (Å²) in [4.78, 5) is 30.8. The molecule has 35 heavy (non-hydrogen) atoms. The number of carbonyl (C=O) groups excluding carboxylic acids is 1. The first-order valence-corrected chi connectivity index (χ1v) is 12.8. The highest BCUT2D eigenvalue weighted by Gasteiger charge is 2.28. The Balaban J connectivity index is 1.55. The molecule has 1 fully saturated rings. The molecule has 0 atom stereocenters. The minimum Gasteiger partial charge on any atom is -0.369 e. The number of nitrogens with zero attached hydrogens (tertiary/aromatic N) is 3. The van der Waals surface area contributed by atoms with E-state index < -0.39 is 0 Å². The number of hydrogen-bond donors (Lipinski definition) is 2. The number of aromatic nitrogens is 2. The Morgan fingerprint density at radius 2 is 1.83 bits per heavy atom. The van der Waals surface area contributed by atoms with Crippen LogP contribution in [0.3, 0.4) is 0 Å². The highest BCUT2D eigenvalue weighted by atomic mass is 35.5. The van der Waals surface area contributed by atoms with Gasteiger partial charge in [-0.15, -0.1) is 0 Å². The van der Waals surface area contributed by atoms with E-state index in [0.29, 0.717) is 28.2 Å². The number of aryl methyl sites for hydroxylation is 1. The summed E-state index contributed by atoms with van der Waals surface area (Å²) < 4.78 is 1.49. The maximum Gasteiger partial charge on any atom is 0.274 e. The number of H-pyrrole nitrogens is 1. The molecule has 2 heterocycles. The fourth-order valence-corrected chi connectivity index (χ4v) is 5.65. The Hall–Kier alpha value is -2.77. The highest BCUT2D eigenvalue weighted by molar-refractivity contribution is 6.31. The van der Waals surface area contributed by atoms with Crippen LogP contribution in [0.15, 0.2) is 35.3 Å². The smallest absolute Gasteiger partial charge is 0.274 e. The number of anilines is 1. The topological polar surface area (TPSA) is 72.9 Å². The molecule has 1 aromatic carbocycles. The maximum absolute atomic E-state index is 13.3. The summed E-state index contributed by atoms with van der Waals surface area (Å²) in [6, 6.07) is 8.54. The van der Waals surface area contributed by atoms with Crippen molar-refractivity contribution < 1.29 is 4.79 Å². The zero-order valence-electron chi connectivity index (χ0n) is 21.3. The normalized spacial score (nSPS) is 18.3. The van der Waals surface area contributed by atoms with Crippen molar-refractivity contribution in [2.24, 2.45) is 0 Å². The van der Waals surface area contributed by atoms with E-state index in [-0.39, 0.29) is 18.0 Å². The number of nitrogens with one attached hydrogen (secondary N) is 2. The van der Waals surface area contributed by atoms with Gasteiger partial charge in [0, 0.05) is 53.2 Å². The molecule has 0 radical (unpaired) electrons. The lowest BCUT2D eigenvalue weighted by atomic mass is 9.89. The SMILES string of the molecule is CCN(c1cc(Cl)cc(C(=O)NCc2c(C)cc3cc[nH]n3c2=O)c1C)C1CCC(N(C)C)CC1. The van der Waals surface area contributed by atoms with Gasteiger partial charge in [-0.25, -0.2) is 4.52 Å². The van der Waals surface area contributed by atoms with Gasteiger partial charge in [-0.1, -0.05) is 11.6 Å². The third kappa shape index (κ3) is 5.11. The van der Waals surface area contributed by atoms with Gasteiger partial charge in [-0.3, -0.25) is 14.7 Å². The van der Waals surface area contributed by atoms with Crippen molar-refractivity contribution in [2.45, 2.75) is 65.1 Å². The average molecular weight is 498 g/mol. The summed E-state index contributed by atoms with van der Waals surface area (Å²) in [6.45, 7) is 7.04. The Bertz CT molecular complexity index is 1270. The van der Waals surface area contributed by atoms with E-state index in [9.17, 15) is 9.59 Å². The molecule has 2 N–H and O–H groups in total. The molecule has 188 valence electrons. The third-order valence-electron chi connectivity index (χ3n) is 7.52. The standard InChI is InChI=1S/C27H36ClN5O2/c1-6-32(21-9-7-20(8-10-21)31(4)5)25-15-19(28)14-23(18(25)3)26(34)29-16-24-17(2)13-22-11-12-30-33(22)27(24)35/h11-15,20-21,30H,6-10,16H2,1-5H3,(H,29,34). The van der Waals surface area contributed by atoms with Crippen LogP contribution in [0.4, 0.5) is 5.69 Å². The number of fused-ring (bicyclic) bond motifs is 1. The Kier molecular flexibility index (Phi) is 7.57. The van der Waals surface area contributed by atoms with E-state index in [1.807, 2.05) is 32.0 Å². The molecular formula is C27H36ClN5O2. The van der Waals surface area contributed by atoms with E-state index in [1.165, 1.54) is 17.4 Å². The number of amides is 1. The average Bonchev–Trinajstić information content (AvgIpc) is 3.30. The predicted molar refractivity (Wildman–Crippen MR) is 143 cm³/mol. The van der Waals surface area contributed by atoms with Crippen molar-refractivity contribution in [3.8, 4) is 0 Å². The molecule has 0 saturated heterocycles. The third-order valence-corrected chi connectivity index (χ3v) is 7.74. The van der Waals surface area contributed by atoms with Gasteiger partial charge in [-0.2, -0.15) is 0 Å². The van der Waals surface area contributed by atoms with E-state index >= 15 is 0 Å². The van der Waals surface area contributed by atoms with Gasteiger partial charge in [0.25, 0.3) is 11.5 Å². The van der Waals surface area contributed by atoms with Crippen LogP contribution in [0.1, 0.15) is 59.7 Å². The number of aromatic amines is 1. The van der Waals surface area contributed by atoms with Gasteiger partial charge in [0.2, 0.25) is 0 Å². The number of halogens is 1. The van der Waals surface area contributed by atoms with Crippen LogP contribution in [0.5, 0.6) is 0 Å². The molecule has 0 unspecified atom stereocenters. The fraction of sp³-hybridized carbons (Fsp3) is 0.481. The van der Waals surface area contributed by atoms with E-state index in [2.05, 4.69) is 41.2 Å². The van der Waals surface area contributed by atoms with Gasteiger partial charge in [-0.05, 0) is 95.9 Å². The van der Waals surface area contributed by atoms with Crippen LogP contribution in [0.2, 0.25) is 5.02 Å². The molecule has 1 aliphatic rings. The number of carbonyl (C=O) groups is 1. The minimum atomic E-state index is -0.228. The van der Waals surface area contributed by atoms with Gasteiger partial charge < -0.3 is 15.1 Å². The van der Waals surface area contributed by atoms with Gasteiger partial charge in [0.05, 0.1) is 5.52 Å². The second-order valence-electron chi connectivity index (χ2n) is 9.83. The van der Waals surface area contributed by atoms with Gasteiger partial charge in [0.15, 0.2) is 0 Å². The number of rotatable bonds is 7. The fourth-order valence-electron chi connectivity index (χ4n) is 5.44. The predicted octanol–water partition coefficient (Wildman–Crippen LogP) is 4.53. The maximum atomic E-state index is 13.3. The summed E-state index contributed by atoms with van der Waals surface area (Å²) in [6.07, 6.45) is 6.30. The molecule has 0 aliphatic heterocycles. The zero-order valence-corrected chi connectivity index (χ0v) is 22.1. The lowest BCUT2D eigenvalue weighted by Gasteiger charge is -2.40. The summed E-state index contributed by atoms with van der Waals surface area (Å²) in [5.74, 6) is -0.228. The monoisotopic (exact) mass is 497 g/mol. The number of hydrogen-bond acceptors (Lipinski definition) is 4. The number of pyridine rings is 1. The summed E-state index contributed by atoms with van der Waals surface area (Å²) in [5, 5.41) is 6.42. The van der Waals surface area contributed by atoms with Crippen molar-refractivity contribution in [3.05, 3.63) is 68.1 Å². The molecule has 7 nitrogen and oxygen atoms in total. The summed E-state index contributed by atoms with van der Waals surface area (Å²) >= 11 is 6.52. The Labute approximate surface area is 212 Å². The molecule has 2 aromatic heterocycles. The molecule has 0 spiro atoms. The van der Waals surface area contributed by atoms with E-state index in [0.717, 1.165) is 41.7 Å². The van der Waals surface area contributed by atoms with Crippen LogP contribution in [0.25, 0.3) is 5.52 Å². The first-order valence-electron chi connectivity index (χ1n) is 12.4. The van der Waals surface area contributed by atoms with Crippen molar-refractivity contribution in [1.29, 1.82) is 0 Å². The van der Waals surface area contributed by atoms with E-state index in [4.69, 9.17) is 11.6 Å². The molecule has 1 saturated carbocycles. The molecule has 1 aliphatic carbocycles. The first kappa shape index (κ1) is 25.3. The molecule has 0 bridgehead atoms. The van der Waals surface area contributed by atoms with Crippen LogP contribution in [0, 0.1) is 13.8 Å². The van der Waals surface area contributed by atoms with Crippen molar-refractivity contribution >= 4 is 28.7 Å². The first-order chi connectivity index (χ1) is 16.7. The molecule has 8 heteroatoms. The van der Waals surface area contributed by atoms with E-state index in [1.54, 1.807) is 12.3 Å². The second kappa shape index (κ2) is 10.5. The molecule has 1 amide bonds. The second-order valence-corrected chi connectivity index (χ2v) is 10.3. The quantitative estimate of drug-likeness (QED) is 0.503. The van der Waals surface area contributed by atoms with Crippen molar-refractivity contribution in [2.75, 3.05) is 25.5 Å². The highest BCUT2D eigenvalue weighted by Crippen LogP contribution is 2.34. The summed E-state index contributed by atoms with van der Waals surface area (Å²) in [5.41, 5.74) is 4.54. The largest absolute Gasteiger partial charge is 0.369 e. The lowest BCUT2D eigenvalue weighted by molar-refractivity contribution is 0.0950. The molecule has 3 aromatic rings. The number of benzene rings is 1. The van der Waals surface area contributed by atoms with Crippen LogP contribution in [-0.2, 0) is 6.54 Å². The summed E-state index contributed by atoms with van der Waals surface area (Å²) in [7, 11) is 4.31. The van der Waals surface area contributed by atoms with Crippen molar-refractivity contribution in [1.82, 2.24) is 19.8 Å². The zero-order chi connectivity index (χ0) is 25.3. The van der Waals surface area contributed by atoms with Crippen molar-refractivity contribution in [3.63, 3.8) is 0 Å². The minimum absolute atomic E-state index is 0.152. The Morgan fingerprint density at radius 3 is 2.49 bits per heavy atom. The van der Waals surface area contributed by atoms with Crippen LogP contribution < -0.4 is 15.8 Å². The molecule has 4 rings (SSSR count). The molecular weight excluding hydrogens is 462 g/mol. The van der Waals surface area contributed by atoms with Crippen LogP contribution >= 0.6 is 11.6 Å². The Morgan fingerprint density at radius 1 is 1.14 bits per heavy atom. The van der Waals surface area contributed by atoms with Gasteiger partial charge in [0.1, 0.15) is 0 Å². The lowest BCUT2D eigenvalue weighted by Crippen LogP contribution is -2.42. The van der Waals surface area contributed by atoms with Crippen LogP contribution in [-0.4, -0.2) is 53.1 Å². The van der Waals surface area contributed by atoms with Gasteiger partial charge >= 0.3 is 0 Å².